The van der Waals surface area contributed by atoms with Crippen LogP contribution in [0.15, 0.2) is 59.7 Å². The van der Waals surface area contributed by atoms with Crippen LogP contribution in [0, 0.1) is 0 Å². The van der Waals surface area contributed by atoms with Gasteiger partial charge in [-0.2, -0.15) is 0 Å². The van der Waals surface area contributed by atoms with Crippen LogP contribution in [-0.4, -0.2) is 35.2 Å². The fourth-order valence-electron chi connectivity index (χ4n) is 2.54. The number of hydrogen-bond acceptors (Lipinski definition) is 6. The predicted molar refractivity (Wildman–Crippen MR) is 108 cm³/mol. The van der Waals surface area contributed by atoms with Crippen molar-refractivity contribution in [2.45, 2.75) is 19.2 Å². The molecule has 0 unspecified atom stereocenters. The Balaban J connectivity index is 1.54. The summed E-state index contributed by atoms with van der Waals surface area (Å²) in [7, 11) is 0. The van der Waals surface area contributed by atoms with E-state index in [0.29, 0.717) is 24.1 Å². The Morgan fingerprint density at radius 2 is 1.61 bits per heavy atom. The predicted octanol–water partition coefficient (Wildman–Crippen LogP) is 3.15. The number of hydrogen-bond donors (Lipinski definition) is 1. The van der Waals surface area contributed by atoms with Gasteiger partial charge in [-0.15, -0.1) is 5.10 Å². The first-order valence-corrected chi connectivity index (χ1v) is 9.64. The third kappa shape index (κ3) is 5.26. The molecule has 2 aromatic rings. The molecule has 3 rings (SSSR count). The monoisotopic (exact) mass is 399 g/mol. The van der Waals surface area contributed by atoms with Gasteiger partial charge in [0, 0.05) is 13.8 Å². The molecule has 0 spiro atoms. The van der Waals surface area contributed by atoms with Gasteiger partial charge in [-0.3, -0.25) is 9.59 Å². The summed E-state index contributed by atoms with van der Waals surface area (Å²) in [6.07, 6.45) is 0. The van der Waals surface area contributed by atoms with Gasteiger partial charge in [0.05, 0.1) is 0 Å². The Morgan fingerprint density at radius 3 is 2.18 bits per heavy atom. The van der Waals surface area contributed by atoms with Crippen LogP contribution in [0.4, 0.5) is 0 Å². The largest absolute Gasteiger partial charge is 0.490 e. The van der Waals surface area contributed by atoms with Crippen molar-refractivity contribution in [3.05, 3.63) is 60.2 Å². The summed E-state index contributed by atoms with van der Waals surface area (Å²) < 4.78 is 11.3. The van der Waals surface area contributed by atoms with E-state index in [0.717, 1.165) is 11.3 Å². The summed E-state index contributed by atoms with van der Waals surface area (Å²) in [6.45, 7) is 3.71. The molecule has 0 saturated carbocycles. The van der Waals surface area contributed by atoms with Crippen LogP contribution >= 0.6 is 11.8 Å². The molecule has 1 atom stereocenters. The molecule has 0 aromatic heterocycles. The van der Waals surface area contributed by atoms with Crippen LogP contribution in [-0.2, 0) is 9.59 Å². The van der Waals surface area contributed by atoms with Crippen LogP contribution in [0.25, 0.3) is 0 Å². The number of thioether (sulfide) groups is 1. The van der Waals surface area contributed by atoms with Crippen LogP contribution in [0.1, 0.15) is 24.8 Å². The van der Waals surface area contributed by atoms with E-state index >= 15 is 0 Å². The van der Waals surface area contributed by atoms with E-state index in [4.69, 9.17) is 9.47 Å². The molecule has 0 fully saturated rings. The van der Waals surface area contributed by atoms with Gasteiger partial charge in [0.25, 0.3) is 0 Å². The quantitative estimate of drug-likeness (QED) is 0.755. The maximum Gasteiger partial charge on any atom is 0.241 e. The summed E-state index contributed by atoms with van der Waals surface area (Å²) in [5.41, 5.74) is 0.886. The second-order valence-corrected chi connectivity index (χ2v) is 7.07. The lowest BCUT2D eigenvalue weighted by Gasteiger charge is -2.19. The van der Waals surface area contributed by atoms with Crippen LogP contribution in [0.3, 0.4) is 0 Å². The SMILES string of the molecule is CC(=O)NC1=NN(C(C)=O)[C@H](c2ccc(OCCOc3ccccc3)cc2)S1. The molecule has 1 heterocycles. The number of rotatable bonds is 6. The zero-order valence-electron chi connectivity index (χ0n) is 15.6. The minimum Gasteiger partial charge on any atom is -0.490 e. The fraction of sp³-hybridized carbons (Fsp3) is 0.250. The summed E-state index contributed by atoms with van der Waals surface area (Å²) in [6, 6.07) is 17.0. The van der Waals surface area contributed by atoms with Gasteiger partial charge in [0.15, 0.2) is 5.17 Å². The smallest absolute Gasteiger partial charge is 0.241 e. The first-order chi connectivity index (χ1) is 13.5. The molecule has 0 aliphatic carbocycles. The molecular weight excluding hydrogens is 378 g/mol. The molecule has 1 aliphatic heterocycles. The number of benzene rings is 2. The van der Waals surface area contributed by atoms with Gasteiger partial charge in [0.2, 0.25) is 11.8 Å². The highest BCUT2D eigenvalue weighted by atomic mass is 32.2. The summed E-state index contributed by atoms with van der Waals surface area (Å²) in [5, 5.41) is 8.25. The molecule has 2 amide bonds. The number of amidine groups is 1. The third-order valence-electron chi connectivity index (χ3n) is 3.78. The fourth-order valence-corrected chi connectivity index (χ4v) is 3.68. The van der Waals surface area contributed by atoms with E-state index in [1.165, 1.54) is 30.6 Å². The minimum absolute atomic E-state index is 0.198. The lowest BCUT2D eigenvalue weighted by molar-refractivity contribution is -0.129. The van der Waals surface area contributed by atoms with E-state index in [2.05, 4.69) is 10.4 Å². The Kier molecular flexibility index (Phi) is 6.54. The van der Waals surface area contributed by atoms with Crippen molar-refractivity contribution in [3.8, 4) is 11.5 Å². The molecule has 0 saturated heterocycles. The van der Waals surface area contributed by atoms with Crippen molar-refractivity contribution in [2.24, 2.45) is 5.10 Å². The van der Waals surface area contributed by atoms with Crippen molar-refractivity contribution in [2.75, 3.05) is 13.2 Å². The Labute approximate surface area is 167 Å². The average Bonchev–Trinajstić information content (AvgIpc) is 3.10. The lowest BCUT2D eigenvalue weighted by atomic mass is 10.2. The van der Waals surface area contributed by atoms with Gasteiger partial charge in [0.1, 0.15) is 30.1 Å². The molecule has 28 heavy (non-hydrogen) atoms. The summed E-state index contributed by atoms with van der Waals surface area (Å²) >= 11 is 1.32. The highest BCUT2D eigenvalue weighted by molar-refractivity contribution is 8.14. The van der Waals surface area contributed by atoms with E-state index < -0.39 is 0 Å². The molecule has 2 aromatic carbocycles. The van der Waals surface area contributed by atoms with Crippen LogP contribution < -0.4 is 14.8 Å². The Hall–Kier alpha value is -3.00. The second kappa shape index (κ2) is 9.27. The van der Waals surface area contributed by atoms with Gasteiger partial charge >= 0.3 is 0 Å². The molecule has 0 radical (unpaired) electrons. The second-order valence-electron chi connectivity index (χ2n) is 6.00. The van der Waals surface area contributed by atoms with E-state index in [-0.39, 0.29) is 17.2 Å². The number of nitrogens with zero attached hydrogens (tertiary/aromatic N) is 2. The van der Waals surface area contributed by atoms with Gasteiger partial charge in [-0.05, 0) is 29.8 Å². The Morgan fingerprint density at radius 1 is 1.00 bits per heavy atom. The van der Waals surface area contributed by atoms with Gasteiger partial charge in [-0.25, -0.2) is 5.01 Å². The number of carbonyl (C=O) groups excluding carboxylic acids is 2. The maximum atomic E-state index is 11.9. The average molecular weight is 399 g/mol. The number of nitrogens with one attached hydrogen (secondary N) is 1. The highest BCUT2D eigenvalue weighted by Gasteiger charge is 2.32. The first kappa shape index (κ1) is 19.8. The molecule has 7 nitrogen and oxygen atoms in total. The summed E-state index contributed by atoms with van der Waals surface area (Å²) in [5.74, 6) is 1.09. The molecule has 1 N–H and O–H groups in total. The first-order valence-electron chi connectivity index (χ1n) is 8.76. The van der Waals surface area contributed by atoms with Gasteiger partial charge < -0.3 is 14.8 Å². The molecule has 8 heteroatoms. The lowest BCUT2D eigenvalue weighted by Crippen LogP contribution is -2.25. The molecule has 0 bridgehead atoms. The molecule has 146 valence electrons. The number of carbonyl (C=O) groups is 2. The van der Waals surface area contributed by atoms with Crippen molar-refractivity contribution in [1.82, 2.24) is 10.3 Å². The standard InChI is InChI=1S/C20H21N3O4S/c1-14(24)21-20-22-23(15(2)25)19(28-20)16-8-10-18(11-9-16)27-13-12-26-17-6-4-3-5-7-17/h3-11,19H,12-13H2,1-2H3,(H,21,22,24)/t19-/m0/s1. The highest BCUT2D eigenvalue weighted by Crippen LogP contribution is 2.39. The zero-order valence-corrected chi connectivity index (χ0v) is 16.4. The number of ether oxygens (including phenoxy) is 2. The van der Waals surface area contributed by atoms with E-state index in [1.807, 2.05) is 54.6 Å². The molecular formula is C20H21N3O4S. The van der Waals surface area contributed by atoms with Crippen molar-refractivity contribution < 1.29 is 19.1 Å². The number of hydrazone groups is 1. The van der Waals surface area contributed by atoms with Crippen molar-refractivity contribution in [1.29, 1.82) is 0 Å². The zero-order chi connectivity index (χ0) is 19.9. The Bertz CT molecular complexity index is 856. The van der Waals surface area contributed by atoms with Gasteiger partial charge in [-0.1, -0.05) is 42.1 Å². The van der Waals surface area contributed by atoms with Crippen molar-refractivity contribution >= 4 is 28.7 Å². The van der Waals surface area contributed by atoms with Crippen LogP contribution in [0.5, 0.6) is 11.5 Å². The minimum atomic E-state index is -0.324. The maximum absolute atomic E-state index is 11.9. The van der Waals surface area contributed by atoms with Crippen molar-refractivity contribution in [3.63, 3.8) is 0 Å². The summed E-state index contributed by atoms with van der Waals surface area (Å²) in [4.78, 5) is 23.1. The topological polar surface area (TPSA) is 80.2 Å². The normalized spacial score (nSPS) is 15.7. The number of amides is 2. The third-order valence-corrected chi connectivity index (χ3v) is 4.88. The van der Waals surface area contributed by atoms with E-state index in [9.17, 15) is 9.59 Å². The molecule has 1 aliphatic rings. The number of para-hydroxylation sites is 1. The van der Waals surface area contributed by atoms with E-state index in [1.54, 1.807) is 0 Å². The van der Waals surface area contributed by atoms with Crippen LogP contribution in [0.2, 0.25) is 0 Å².